The van der Waals surface area contributed by atoms with Crippen LogP contribution in [0.15, 0.2) is 54.6 Å². The highest BCUT2D eigenvalue weighted by atomic mass is 16.4. The van der Waals surface area contributed by atoms with Crippen molar-refractivity contribution in [1.82, 2.24) is 4.90 Å². The monoisotopic (exact) mass is 339 g/mol. The number of carbonyl (C=O) groups is 1. The van der Waals surface area contributed by atoms with Gasteiger partial charge in [-0.1, -0.05) is 54.6 Å². The molecule has 25 heavy (non-hydrogen) atoms. The molecule has 0 radical (unpaired) electrons. The number of rotatable bonds is 4. The van der Waals surface area contributed by atoms with Gasteiger partial charge in [0, 0.05) is 18.6 Å². The van der Waals surface area contributed by atoms with Crippen molar-refractivity contribution in [2.75, 3.05) is 13.1 Å². The van der Waals surface area contributed by atoms with E-state index in [2.05, 4.69) is 24.3 Å². The van der Waals surface area contributed by atoms with Crippen LogP contribution >= 0.6 is 0 Å². The number of hydrogen-bond acceptors (Lipinski definition) is 3. The highest BCUT2D eigenvalue weighted by molar-refractivity contribution is 5.66. The number of nitrogens with zero attached hydrogens (tertiary/aromatic N) is 1. The molecule has 5 N–H and O–H groups in total. The first-order valence-corrected chi connectivity index (χ1v) is 8.66. The molecule has 1 amide bonds. The van der Waals surface area contributed by atoms with E-state index in [0.29, 0.717) is 13.0 Å². The summed E-state index contributed by atoms with van der Waals surface area (Å²) in [4.78, 5) is 13.1. The third-order valence-corrected chi connectivity index (χ3v) is 5.17. The number of hydrogen-bond donors (Lipinski definition) is 3. The molecule has 1 saturated heterocycles. The molecular formula is C20H25N3O2. The molecule has 2 aromatic carbocycles. The quantitative estimate of drug-likeness (QED) is 0.798. The normalized spacial score (nSPS) is 23.4. The summed E-state index contributed by atoms with van der Waals surface area (Å²) in [6.07, 6.45) is 1.14. The maximum absolute atomic E-state index is 11.7. The summed E-state index contributed by atoms with van der Waals surface area (Å²) in [5.74, 6) is 0. The summed E-state index contributed by atoms with van der Waals surface area (Å²) < 4.78 is 0. The Morgan fingerprint density at radius 3 is 2.56 bits per heavy atom. The summed E-state index contributed by atoms with van der Waals surface area (Å²) in [6, 6.07) is 18.0. The zero-order chi connectivity index (χ0) is 17.9. The van der Waals surface area contributed by atoms with Crippen LogP contribution in [0.2, 0.25) is 0 Å². The number of likely N-dealkylation sites (tertiary alicyclic amines) is 1. The van der Waals surface area contributed by atoms with Crippen molar-refractivity contribution in [2.45, 2.75) is 30.8 Å². The minimum atomic E-state index is -0.924. The summed E-state index contributed by atoms with van der Waals surface area (Å²) in [6.45, 7) is 0.789. The number of amides is 1. The van der Waals surface area contributed by atoms with Crippen LogP contribution in [0.5, 0.6) is 0 Å². The number of piperidine rings is 1. The van der Waals surface area contributed by atoms with E-state index in [1.54, 1.807) is 0 Å². The molecule has 1 fully saturated rings. The lowest BCUT2D eigenvalue weighted by atomic mass is 9.79. The Kier molecular flexibility index (Phi) is 5.06. The molecular weight excluding hydrogens is 314 g/mol. The second-order valence-electron chi connectivity index (χ2n) is 6.80. The van der Waals surface area contributed by atoms with Crippen molar-refractivity contribution >= 4 is 6.09 Å². The lowest BCUT2D eigenvalue weighted by molar-refractivity contribution is 0.0665. The molecule has 5 heteroatoms. The van der Waals surface area contributed by atoms with E-state index in [-0.39, 0.29) is 12.6 Å². The minimum Gasteiger partial charge on any atom is -0.465 e. The van der Waals surface area contributed by atoms with Gasteiger partial charge >= 0.3 is 6.09 Å². The highest BCUT2D eigenvalue weighted by Gasteiger charge is 2.42. The van der Waals surface area contributed by atoms with E-state index in [0.717, 1.165) is 29.5 Å². The lowest BCUT2D eigenvalue weighted by Gasteiger charge is -2.46. The average Bonchev–Trinajstić information content (AvgIpc) is 2.64. The molecule has 0 aromatic heterocycles. The molecule has 2 unspecified atom stereocenters. The van der Waals surface area contributed by atoms with Crippen LogP contribution in [0.3, 0.4) is 0 Å². The van der Waals surface area contributed by atoms with Gasteiger partial charge < -0.3 is 21.5 Å². The molecule has 2 atom stereocenters. The second kappa shape index (κ2) is 7.25. The fourth-order valence-corrected chi connectivity index (χ4v) is 3.72. The van der Waals surface area contributed by atoms with Crippen molar-refractivity contribution < 1.29 is 9.90 Å². The maximum atomic E-state index is 11.7. The van der Waals surface area contributed by atoms with Gasteiger partial charge in [0.05, 0.1) is 6.04 Å². The van der Waals surface area contributed by atoms with Gasteiger partial charge in [-0.15, -0.1) is 0 Å². The lowest BCUT2D eigenvalue weighted by Crippen LogP contribution is -2.67. The van der Waals surface area contributed by atoms with Gasteiger partial charge in [-0.25, -0.2) is 4.79 Å². The number of carboxylic acid groups (broad SMARTS) is 1. The molecule has 0 spiro atoms. The van der Waals surface area contributed by atoms with E-state index in [9.17, 15) is 9.90 Å². The Morgan fingerprint density at radius 2 is 1.88 bits per heavy atom. The van der Waals surface area contributed by atoms with Crippen molar-refractivity contribution in [3.05, 3.63) is 60.2 Å². The Bertz CT molecular complexity index is 735. The third-order valence-electron chi connectivity index (χ3n) is 5.17. The predicted octanol–water partition coefficient (Wildman–Crippen LogP) is 2.69. The fraction of sp³-hybridized carbons (Fsp3) is 0.350. The van der Waals surface area contributed by atoms with Crippen molar-refractivity contribution in [2.24, 2.45) is 11.5 Å². The molecule has 1 aliphatic heterocycles. The van der Waals surface area contributed by atoms with Gasteiger partial charge in [0.15, 0.2) is 0 Å². The number of benzene rings is 2. The summed E-state index contributed by atoms with van der Waals surface area (Å²) in [5.41, 5.74) is 15.1. The van der Waals surface area contributed by atoms with Gasteiger partial charge in [0.1, 0.15) is 0 Å². The topological polar surface area (TPSA) is 92.6 Å². The van der Waals surface area contributed by atoms with Crippen LogP contribution in [0.4, 0.5) is 4.79 Å². The first kappa shape index (κ1) is 17.5. The van der Waals surface area contributed by atoms with Gasteiger partial charge in [-0.2, -0.15) is 0 Å². The third kappa shape index (κ3) is 3.67. The SMILES string of the molecule is NCC1(N)CCCN(C(=O)O)C1Cc1cccc(-c2ccccc2)c1. The van der Waals surface area contributed by atoms with Crippen LogP contribution in [-0.4, -0.2) is 40.8 Å². The first-order chi connectivity index (χ1) is 12.0. The van der Waals surface area contributed by atoms with Gasteiger partial charge in [-0.3, -0.25) is 0 Å². The highest BCUT2D eigenvalue weighted by Crippen LogP contribution is 2.29. The Morgan fingerprint density at radius 1 is 1.16 bits per heavy atom. The molecule has 3 rings (SSSR count). The Labute approximate surface area is 148 Å². The molecule has 1 heterocycles. The first-order valence-electron chi connectivity index (χ1n) is 8.66. The largest absolute Gasteiger partial charge is 0.465 e. The predicted molar refractivity (Wildman–Crippen MR) is 99.3 cm³/mol. The summed E-state index contributed by atoms with van der Waals surface area (Å²) >= 11 is 0. The van der Waals surface area contributed by atoms with Gasteiger partial charge in [0.25, 0.3) is 0 Å². The molecule has 0 saturated carbocycles. The molecule has 0 aliphatic carbocycles. The van der Waals surface area contributed by atoms with E-state index in [4.69, 9.17) is 11.5 Å². The van der Waals surface area contributed by atoms with Crippen molar-refractivity contribution in [1.29, 1.82) is 0 Å². The molecule has 5 nitrogen and oxygen atoms in total. The van der Waals surface area contributed by atoms with Gasteiger partial charge in [-0.05, 0) is 36.0 Å². The maximum Gasteiger partial charge on any atom is 0.407 e. The fourth-order valence-electron chi connectivity index (χ4n) is 3.72. The molecule has 132 valence electrons. The van der Waals surface area contributed by atoms with Crippen LogP contribution in [0, 0.1) is 0 Å². The zero-order valence-electron chi connectivity index (χ0n) is 14.3. The van der Waals surface area contributed by atoms with E-state index in [1.807, 2.05) is 30.3 Å². The Balaban J connectivity index is 1.90. The smallest absolute Gasteiger partial charge is 0.407 e. The molecule has 0 bridgehead atoms. The average molecular weight is 339 g/mol. The van der Waals surface area contributed by atoms with Crippen molar-refractivity contribution in [3.63, 3.8) is 0 Å². The molecule has 1 aliphatic rings. The summed E-state index contributed by atoms with van der Waals surface area (Å²) in [7, 11) is 0. The van der Waals surface area contributed by atoms with Crippen LogP contribution in [0.25, 0.3) is 11.1 Å². The van der Waals surface area contributed by atoms with E-state index >= 15 is 0 Å². The molecule has 2 aromatic rings. The minimum absolute atomic E-state index is 0.278. The number of nitrogens with two attached hydrogens (primary N) is 2. The van der Waals surface area contributed by atoms with E-state index in [1.165, 1.54) is 4.90 Å². The van der Waals surface area contributed by atoms with Crippen LogP contribution in [-0.2, 0) is 6.42 Å². The van der Waals surface area contributed by atoms with Crippen LogP contribution in [0.1, 0.15) is 18.4 Å². The standard InChI is InChI=1S/C20H25N3O2/c21-14-20(22)10-5-11-23(19(24)25)18(20)13-15-6-4-9-17(12-15)16-7-2-1-3-8-16/h1-4,6-9,12,18H,5,10-11,13-14,21-22H2,(H,24,25). The van der Waals surface area contributed by atoms with Crippen LogP contribution < -0.4 is 11.5 Å². The van der Waals surface area contributed by atoms with E-state index < -0.39 is 11.6 Å². The second-order valence-corrected chi connectivity index (χ2v) is 6.80. The zero-order valence-corrected chi connectivity index (χ0v) is 14.3. The summed E-state index contributed by atoms with van der Waals surface area (Å²) in [5, 5.41) is 9.58. The Hall–Kier alpha value is -2.37. The van der Waals surface area contributed by atoms with Gasteiger partial charge in [0.2, 0.25) is 0 Å². The van der Waals surface area contributed by atoms with Crippen molar-refractivity contribution in [3.8, 4) is 11.1 Å².